The lowest BCUT2D eigenvalue weighted by atomic mass is 10.1. The molecule has 0 bridgehead atoms. The predicted octanol–water partition coefficient (Wildman–Crippen LogP) is 6.68. The smallest absolute Gasteiger partial charge is 0.0760 e. The van der Waals surface area contributed by atoms with Gasteiger partial charge in [-0.15, -0.1) is 0 Å². The van der Waals surface area contributed by atoms with Crippen LogP contribution < -0.4 is 0 Å². The first-order valence-corrected chi connectivity index (χ1v) is 9.15. The van der Waals surface area contributed by atoms with Crippen molar-refractivity contribution in [3.8, 4) is 0 Å². The SMILES string of the molecule is C/C=C/C(CCCCCCCCCC)OCc1ccccc1. The van der Waals surface area contributed by atoms with Gasteiger partial charge in [0.05, 0.1) is 12.7 Å². The highest BCUT2D eigenvalue weighted by molar-refractivity contribution is 5.13. The summed E-state index contributed by atoms with van der Waals surface area (Å²) >= 11 is 0. The zero-order valence-electron chi connectivity index (χ0n) is 14.6. The maximum absolute atomic E-state index is 6.04. The summed E-state index contributed by atoms with van der Waals surface area (Å²) in [6, 6.07) is 10.4. The molecule has 0 heterocycles. The van der Waals surface area contributed by atoms with Gasteiger partial charge in [0.15, 0.2) is 0 Å². The summed E-state index contributed by atoms with van der Waals surface area (Å²) in [6.45, 7) is 5.07. The van der Waals surface area contributed by atoms with Crippen LogP contribution in [0.15, 0.2) is 42.5 Å². The highest BCUT2D eigenvalue weighted by Crippen LogP contribution is 2.14. The molecule has 1 heteroatoms. The Balaban J connectivity index is 2.11. The molecule has 124 valence electrons. The van der Waals surface area contributed by atoms with Crippen LogP contribution in [0.2, 0.25) is 0 Å². The van der Waals surface area contributed by atoms with Crippen LogP contribution in [0.1, 0.15) is 77.2 Å². The van der Waals surface area contributed by atoms with Gasteiger partial charge in [0.2, 0.25) is 0 Å². The Hall–Kier alpha value is -1.08. The topological polar surface area (TPSA) is 9.23 Å². The van der Waals surface area contributed by atoms with Crippen LogP contribution in [0, 0.1) is 0 Å². The van der Waals surface area contributed by atoms with E-state index in [2.05, 4.69) is 50.3 Å². The van der Waals surface area contributed by atoms with Crippen molar-refractivity contribution in [2.24, 2.45) is 0 Å². The highest BCUT2D eigenvalue weighted by Gasteiger charge is 2.05. The Kier molecular flexibility index (Phi) is 11.7. The number of unbranched alkanes of at least 4 members (excludes halogenated alkanes) is 7. The molecule has 1 rings (SSSR count). The molecule has 0 aromatic heterocycles. The van der Waals surface area contributed by atoms with Crippen molar-refractivity contribution in [3.63, 3.8) is 0 Å². The summed E-state index contributed by atoms with van der Waals surface area (Å²) in [5.41, 5.74) is 1.26. The first-order chi connectivity index (χ1) is 10.9. The molecule has 0 fully saturated rings. The van der Waals surface area contributed by atoms with Crippen LogP contribution in [-0.4, -0.2) is 6.10 Å². The number of allylic oxidation sites excluding steroid dienone is 1. The molecule has 1 unspecified atom stereocenters. The van der Waals surface area contributed by atoms with Crippen LogP contribution in [-0.2, 0) is 11.3 Å². The molecule has 0 saturated heterocycles. The summed E-state index contributed by atoms with van der Waals surface area (Å²) in [5.74, 6) is 0. The fraction of sp³-hybridized carbons (Fsp3) is 0.619. The van der Waals surface area contributed by atoms with Crippen molar-refractivity contribution in [3.05, 3.63) is 48.0 Å². The Morgan fingerprint density at radius 2 is 1.55 bits per heavy atom. The van der Waals surface area contributed by atoms with Crippen LogP contribution in [0.25, 0.3) is 0 Å². The Morgan fingerprint density at radius 1 is 0.909 bits per heavy atom. The molecule has 1 aromatic carbocycles. The second-order valence-corrected chi connectivity index (χ2v) is 6.12. The minimum atomic E-state index is 0.269. The van der Waals surface area contributed by atoms with E-state index in [1.807, 2.05) is 6.07 Å². The average Bonchev–Trinajstić information content (AvgIpc) is 2.56. The fourth-order valence-corrected chi connectivity index (χ4v) is 2.71. The number of rotatable bonds is 13. The zero-order valence-corrected chi connectivity index (χ0v) is 14.6. The first-order valence-electron chi connectivity index (χ1n) is 9.15. The molecule has 22 heavy (non-hydrogen) atoms. The van der Waals surface area contributed by atoms with Gasteiger partial charge in [-0.05, 0) is 18.9 Å². The van der Waals surface area contributed by atoms with Gasteiger partial charge < -0.3 is 4.74 Å². The lowest BCUT2D eigenvalue weighted by Crippen LogP contribution is -2.09. The molecule has 1 nitrogen and oxygen atoms in total. The Bertz CT molecular complexity index is 369. The third-order valence-corrected chi connectivity index (χ3v) is 4.06. The van der Waals surface area contributed by atoms with Crippen molar-refractivity contribution >= 4 is 0 Å². The number of ether oxygens (including phenoxy) is 1. The van der Waals surface area contributed by atoms with E-state index in [1.54, 1.807) is 0 Å². The molecule has 0 aliphatic heterocycles. The van der Waals surface area contributed by atoms with Crippen LogP contribution in [0.3, 0.4) is 0 Å². The zero-order chi connectivity index (χ0) is 15.9. The molecule has 0 spiro atoms. The van der Waals surface area contributed by atoms with Gasteiger partial charge in [-0.3, -0.25) is 0 Å². The molecular formula is C21H34O. The van der Waals surface area contributed by atoms with E-state index < -0.39 is 0 Å². The molecule has 0 N–H and O–H groups in total. The van der Waals surface area contributed by atoms with E-state index in [-0.39, 0.29) is 6.10 Å². The van der Waals surface area contributed by atoms with E-state index in [9.17, 15) is 0 Å². The van der Waals surface area contributed by atoms with E-state index in [4.69, 9.17) is 4.74 Å². The Labute approximate surface area is 137 Å². The van der Waals surface area contributed by atoms with Gasteiger partial charge in [0.1, 0.15) is 0 Å². The molecule has 0 amide bonds. The normalized spacial score (nSPS) is 12.8. The Morgan fingerprint density at radius 3 is 2.18 bits per heavy atom. The van der Waals surface area contributed by atoms with Crippen molar-refractivity contribution in [2.45, 2.75) is 84.3 Å². The van der Waals surface area contributed by atoms with Gasteiger partial charge in [-0.1, -0.05) is 101 Å². The van der Waals surface area contributed by atoms with Gasteiger partial charge >= 0.3 is 0 Å². The van der Waals surface area contributed by atoms with Crippen LogP contribution in [0.4, 0.5) is 0 Å². The number of hydrogen-bond acceptors (Lipinski definition) is 1. The average molecular weight is 303 g/mol. The summed E-state index contributed by atoms with van der Waals surface area (Å²) in [6.07, 6.45) is 16.7. The van der Waals surface area contributed by atoms with Gasteiger partial charge in [0, 0.05) is 0 Å². The predicted molar refractivity (Wildman–Crippen MR) is 97.1 cm³/mol. The summed E-state index contributed by atoms with van der Waals surface area (Å²) in [7, 11) is 0. The molecule has 0 saturated carbocycles. The largest absolute Gasteiger partial charge is 0.369 e. The lowest BCUT2D eigenvalue weighted by Gasteiger charge is -2.14. The van der Waals surface area contributed by atoms with Crippen molar-refractivity contribution < 1.29 is 4.74 Å². The summed E-state index contributed by atoms with van der Waals surface area (Å²) in [4.78, 5) is 0. The van der Waals surface area contributed by atoms with Crippen molar-refractivity contribution in [2.75, 3.05) is 0 Å². The minimum Gasteiger partial charge on any atom is -0.369 e. The lowest BCUT2D eigenvalue weighted by molar-refractivity contribution is 0.0646. The van der Waals surface area contributed by atoms with Crippen molar-refractivity contribution in [1.29, 1.82) is 0 Å². The number of benzene rings is 1. The quantitative estimate of drug-likeness (QED) is 0.292. The molecule has 0 aliphatic carbocycles. The van der Waals surface area contributed by atoms with Gasteiger partial charge in [0.25, 0.3) is 0 Å². The van der Waals surface area contributed by atoms with E-state index in [1.165, 1.54) is 56.9 Å². The monoisotopic (exact) mass is 302 g/mol. The minimum absolute atomic E-state index is 0.269. The molecule has 0 aliphatic rings. The highest BCUT2D eigenvalue weighted by atomic mass is 16.5. The third kappa shape index (κ3) is 9.78. The maximum atomic E-state index is 6.04. The molecular weight excluding hydrogens is 268 g/mol. The van der Waals surface area contributed by atoms with E-state index in [0.29, 0.717) is 6.61 Å². The summed E-state index contributed by atoms with van der Waals surface area (Å²) in [5, 5.41) is 0. The van der Waals surface area contributed by atoms with E-state index in [0.717, 1.165) is 6.42 Å². The maximum Gasteiger partial charge on any atom is 0.0760 e. The van der Waals surface area contributed by atoms with E-state index >= 15 is 0 Å². The standard InChI is InChI=1S/C21H34O/c1-3-5-6-7-8-9-10-14-18-21(15-4-2)22-19-20-16-12-11-13-17-20/h4,11-13,15-17,21H,3,5-10,14,18-19H2,1-2H3/b15-4+. The van der Waals surface area contributed by atoms with Crippen LogP contribution >= 0.6 is 0 Å². The fourth-order valence-electron chi connectivity index (χ4n) is 2.71. The van der Waals surface area contributed by atoms with Gasteiger partial charge in [-0.25, -0.2) is 0 Å². The van der Waals surface area contributed by atoms with Crippen molar-refractivity contribution in [1.82, 2.24) is 0 Å². The summed E-state index contributed by atoms with van der Waals surface area (Å²) < 4.78 is 6.04. The molecule has 0 radical (unpaired) electrons. The number of hydrogen-bond donors (Lipinski definition) is 0. The second kappa shape index (κ2) is 13.6. The molecule has 1 atom stereocenters. The van der Waals surface area contributed by atoms with Gasteiger partial charge in [-0.2, -0.15) is 0 Å². The van der Waals surface area contributed by atoms with Crippen LogP contribution in [0.5, 0.6) is 0 Å². The molecule has 1 aromatic rings. The first kappa shape index (κ1) is 19.0. The third-order valence-electron chi connectivity index (χ3n) is 4.06. The second-order valence-electron chi connectivity index (χ2n) is 6.12.